The molecule has 2 rings (SSSR count). The third-order valence-electron chi connectivity index (χ3n) is 3.57. The van der Waals surface area contributed by atoms with Crippen LogP contribution in [0.4, 0.5) is 0 Å². The van der Waals surface area contributed by atoms with Crippen LogP contribution in [0.3, 0.4) is 0 Å². The molecule has 2 N–H and O–H groups in total. The number of likely N-dealkylation sites (tertiary alicyclic amines) is 1. The van der Waals surface area contributed by atoms with Gasteiger partial charge in [-0.15, -0.1) is 0 Å². The van der Waals surface area contributed by atoms with Crippen LogP contribution >= 0.6 is 0 Å². The van der Waals surface area contributed by atoms with Crippen molar-refractivity contribution in [2.75, 3.05) is 6.54 Å². The van der Waals surface area contributed by atoms with E-state index in [1.165, 1.54) is 25.7 Å². The van der Waals surface area contributed by atoms with Gasteiger partial charge in [-0.3, -0.25) is 4.90 Å². The number of nitrogens with zero attached hydrogens (tertiary/aromatic N) is 3. The van der Waals surface area contributed by atoms with Crippen LogP contribution in [0.2, 0.25) is 0 Å². The Morgan fingerprint density at radius 3 is 2.83 bits per heavy atom. The summed E-state index contributed by atoms with van der Waals surface area (Å²) in [4.78, 5) is 6.82. The van der Waals surface area contributed by atoms with Gasteiger partial charge in [0.15, 0.2) is 5.82 Å². The highest BCUT2D eigenvalue weighted by Crippen LogP contribution is 2.19. The fraction of sp³-hybridized carbons (Fsp3) is 0.846. The Morgan fingerprint density at radius 1 is 1.39 bits per heavy atom. The van der Waals surface area contributed by atoms with Crippen molar-refractivity contribution in [2.45, 2.75) is 64.6 Å². The van der Waals surface area contributed by atoms with E-state index in [9.17, 15) is 0 Å². The Balaban J connectivity index is 2.02. The van der Waals surface area contributed by atoms with Crippen molar-refractivity contribution in [1.82, 2.24) is 15.0 Å². The van der Waals surface area contributed by atoms with E-state index in [0.717, 1.165) is 13.1 Å². The molecule has 5 heteroatoms. The van der Waals surface area contributed by atoms with Crippen LogP contribution in [0.25, 0.3) is 0 Å². The van der Waals surface area contributed by atoms with Crippen molar-refractivity contribution < 1.29 is 4.52 Å². The maximum absolute atomic E-state index is 5.96. The first-order valence-corrected chi connectivity index (χ1v) is 6.83. The van der Waals surface area contributed by atoms with Crippen molar-refractivity contribution in [3.8, 4) is 0 Å². The number of hydrogen-bond acceptors (Lipinski definition) is 5. The lowest BCUT2D eigenvalue weighted by Gasteiger charge is -2.24. The molecule has 0 radical (unpaired) electrons. The van der Waals surface area contributed by atoms with Gasteiger partial charge in [0, 0.05) is 6.04 Å². The van der Waals surface area contributed by atoms with E-state index in [2.05, 4.69) is 22.0 Å². The molecule has 1 aromatic rings. The fourth-order valence-electron chi connectivity index (χ4n) is 2.32. The van der Waals surface area contributed by atoms with E-state index < -0.39 is 5.54 Å². The zero-order chi connectivity index (χ0) is 13.2. The summed E-state index contributed by atoms with van der Waals surface area (Å²) in [6, 6.07) is 0.591. The van der Waals surface area contributed by atoms with Crippen molar-refractivity contribution in [3.05, 3.63) is 11.7 Å². The Bertz CT molecular complexity index is 383. The first-order valence-electron chi connectivity index (χ1n) is 6.83. The normalized spacial score (nSPS) is 23.0. The minimum Gasteiger partial charge on any atom is -0.338 e. The van der Waals surface area contributed by atoms with Crippen LogP contribution in [-0.2, 0) is 12.1 Å². The molecule has 2 heterocycles. The molecule has 1 aromatic heterocycles. The lowest BCUT2D eigenvalue weighted by Crippen LogP contribution is -2.32. The zero-order valence-corrected chi connectivity index (χ0v) is 11.6. The van der Waals surface area contributed by atoms with Crippen molar-refractivity contribution >= 4 is 0 Å². The van der Waals surface area contributed by atoms with E-state index in [1.54, 1.807) is 0 Å². The largest absolute Gasteiger partial charge is 0.338 e. The van der Waals surface area contributed by atoms with Gasteiger partial charge in [0.2, 0.25) is 5.89 Å². The molecule has 0 aliphatic carbocycles. The average molecular weight is 252 g/mol. The first kappa shape index (κ1) is 13.5. The minimum atomic E-state index is -0.536. The molecule has 1 fully saturated rings. The Morgan fingerprint density at radius 2 is 2.17 bits per heavy atom. The molecule has 0 bridgehead atoms. The molecule has 1 atom stereocenters. The second-order valence-corrected chi connectivity index (χ2v) is 5.90. The van der Waals surface area contributed by atoms with Crippen molar-refractivity contribution in [3.63, 3.8) is 0 Å². The number of nitrogens with two attached hydrogens (primary N) is 1. The number of hydrogen-bond donors (Lipinski definition) is 1. The molecule has 1 aliphatic rings. The van der Waals surface area contributed by atoms with Gasteiger partial charge >= 0.3 is 0 Å². The highest BCUT2D eigenvalue weighted by molar-refractivity contribution is 4.99. The maximum Gasteiger partial charge on any atom is 0.240 e. The predicted octanol–water partition coefficient (Wildman–Crippen LogP) is 2.03. The van der Waals surface area contributed by atoms with Crippen LogP contribution in [0.5, 0.6) is 0 Å². The van der Waals surface area contributed by atoms with Gasteiger partial charge in [-0.2, -0.15) is 4.98 Å². The summed E-state index contributed by atoms with van der Waals surface area (Å²) < 4.78 is 5.30. The summed E-state index contributed by atoms with van der Waals surface area (Å²) in [5.74, 6) is 1.26. The zero-order valence-electron chi connectivity index (χ0n) is 11.6. The SMILES string of the molecule is CC1CCCCCN1Cc1nc(C(C)(C)N)no1. The molecule has 1 aliphatic heterocycles. The number of aromatic nitrogens is 2. The van der Waals surface area contributed by atoms with Crippen LogP contribution in [0, 0.1) is 0 Å². The van der Waals surface area contributed by atoms with Gasteiger partial charge in [0.1, 0.15) is 0 Å². The highest BCUT2D eigenvalue weighted by atomic mass is 16.5. The predicted molar refractivity (Wildman–Crippen MR) is 69.9 cm³/mol. The van der Waals surface area contributed by atoms with E-state index in [4.69, 9.17) is 10.3 Å². The van der Waals surface area contributed by atoms with Crippen LogP contribution in [0.1, 0.15) is 58.2 Å². The molecule has 0 saturated carbocycles. The van der Waals surface area contributed by atoms with Gasteiger partial charge in [-0.25, -0.2) is 0 Å². The average Bonchev–Trinajstić information content (AvgIpc) is 2.66. The highest BCUT2D eigenvalue weighted by Gasteiger charge is 2.24. The second kappa shape index (κ2) is 5.36. The fourth-order valence-corrected chi connectivity index (χ4v) is 2.32. The molecular weight excluding hydrogens is 228 g/mol. The van der Waals surface area contributed by atoms with Crippen molar-refractivity contribution in [1.29, 1.82) is 0 Å². The minimum absolute atomic E-state index is 0.536. The molecule has 1 unspecified atom stereocenters. The summed E-state index contributed by atoms with van der Waals surface area (Å²) >= 11 is 0. The van der Waals surface area contributed by atoms with Crippen LogP contribution in [0.15, 0.2) is 4.52 Å². The summed E-state index contributed by atoms with van der Waals surface area (Å²) in [5, 5.41) is 3.96. The van der Waals surface area contributed by atoms with E-state index in [1.807, 2.05) is 13.8 Å². The molecule has 1 saturated heterocycles. The smallest absolute Gasteiger partial charge is 0.240 e. The molecule has 102 valence electrons. The summed E-state index contributed by atoms with van der Waals surface area (Å²) in [6.45, 7) is 7.90. The molecular formula is C13H24N4O. The maximum atomic E-state index is 5.96. The summed E-state index contributed by atoms with van der Waals surface area (Å²) in [5.41, 5.74) is 5.42. The monoisotopic (exact) mass is 252 g/mol. The second-order valence-electron chi connectivity index (χ2n) is 5.90. The first-order chi connectivity index (χ1) is 8.47. The number of rotatable bonds is 3. The standard InChI is InChI=1S/C13H24N4O/c1-10-7-5-4-6-8-17(10)9-11-15-12(16-18-11)13(2,3)14/h10H,4-9,14H2,1-3H3. The quantitative estimate of drug-likeness (QED) is 0.891. The van der Waals surface area contributed by atoms with E-state index >= 15 is 0 Å². The third-order valence-corrected chi connectivity index (χ3v) is 3.57. The Labute approximate surface area is 109 Å². The Hall–Kier alpha value is -0.940. The van der Waals surface area contributed by atoms with Gasteiger partial charge in [0.25, 0.3) is 0 Å². The summed E-state index contributed by atoms with van der Waals surface area (Å²) in [7, 11) is 0. The topological polar surface area (TPSA) is 68.2 Å². The Kier molecular flexibility index (Phi) is 4.02. The van der Waals surface area contributed by atoms with Crippen LogP contribution < -0.4 is 5.73 Å². The van der Waals surface area contributed by atoms with Gasteiger partial charge < -0.3 is 10.3 Å². The molecule has 0 amide bonds. The third kappa shape index (κ3) is 3.29. The van der Waals surface area contributed by atoms with Crippen LogP contribution in [-0.4, -0.2) is 27.6 Å². The van der Waals surface area contributed by atoms with E-state index in [0.29, 0.717) is 17.8 Å². The molecule has 0 aromatic carbocycles. The summed E-state index contributed by atoms with van der Waals surface area (Å²) in [6.07, 6.45) is 5.16. The molecule has 18 heavy (non-hydrogen) atoms. The lowest BCUT2D eigenvalue weighted by molar-refractivity contribution is 0.178. The molecule has 5 nitrogen and oxygen atoms in total. The van der Waals surface area contributed by atoms with Gasteiger partial charge in [0.05, 0.1) is 12.1 Å². The van der Waals surface area contributed by atoms with Gasteiger partial charge in [-0.1, -0.05) is 18.0 Å². The van der Waals surface area contributed by atoms with Crippen molar-refractivity contribution in [2.24, 2.45) is 5.73 Å². The van der Waals surface area contributed by atoms with E-state index in [-0.39, 0.29) is 0 Å². The lowest BCUT2D eigenvalue weighted by atomic mass is 10.1. The van der Waals surface area contributed by atoms with Gasteiger partial charge in [-0.05, 0) is 40.2 Å². The molecule has 0 spiro atoms.